The van der Waals surface area contributed by atoms with E-state index in [9.17, 15) is 9.90 Å². The number of para-hydroxylation sites is 1. The predicted molar refractivity (Wildman–Crippen MR) is 123 cm³/mol. The lowest BCUT2D eigenvalue weighted by Gasteiger charge is -2.07. The van der Waals surface area contributed by atoms with Gasteiger partial charge in [0.1, 0.15) is 23.8 Å². The maximum Gasteiger partial charge on any atom is 0.289 e. The summed E-state index contributed by atoms with van der Waals surface area (Å²) in [6.45, 7) is 2.55. The van der Waals surface area contributed by atoms with Crippen LogP contribution in [0.4, 0.5) is 0 Å². The molecule has 4 rings (SSSR count). The highest BCUT2D eigenvalue weighted by Crippen LogP contribution is 2.22. The van der Waals surface area contributed by atoms with E-state index >= 15 is 0 Å². The number of H-pyrrole nitrogens is 1. The van der Waals surface area contributed by atoms with Gasteiger partial charge in [0, 0.05) is 11.1 Å². The van der Waals surface area contributed by atoms with Crippen LogP contribution in [0.3, 0.4) is 0 Å². The molecule has 0 aliphatic carbocycles. The summed E-state index contributed by atoms with van der Waals surface area (Å²) in [4.78, 5) is 12.3. The van der Waals surface area contributed by atoms with Crippen molar-refractivity contribution in [3.05, 3.63) is 101 Å². The molecule has 160 valence electrons. The number of phenolic OH excluding ortho intramolecular Hbond substituents is 1. The van der Waals surface area contributed by atoms with E-state index in [1.54, 1.807) is 30.3 Å². The first-order valence-corrected chi connectivity index (χ1v) is 10.0. The second-order valence-corrected chi connectivity index (χ2v) is 7.22. The van der Waals surface area contributed by atoms with E-state index in [-0.39, 0.29) is 11.4 Å². The van der Waals surface area contributed by atoms with E-state index in [4.69, 9.17) is 4.74 Å². The highest BCUT2D eigenvalue weighted by molar-refractivity contribution is 5.94. The molecular formula is C25H22N4O3. The van der Waals surface area contributed by atoms with Crippen LogP contribution in [0.5, 0.6) is 11.5 Å². The number of aromatic hydroxyl groups is 1. The summed E-state index contributed by atoms with van der Waals surface area (Å²) in [5.74, 6) is 0.399. The van der Waals surface area contributed by atoms with E-state index in [1.807, 2.05) is 36.4 Å². The summed E-state index contributed by atoms with van der Waals surface area (Å²) < 4.78 is 5.83. The molecule has 4 aromatic rings. The number of aryl methyl sites for hydroxylation is 1. The number of aromatic nitrogens is 2. The third-order valence-electron chi connectivity index (χ3n) is 4.81. The molecule has 0 aliphatic heterocycles. The molecule has 1 heterocycles. The number of hydrogen-bond acceptors (Lipinski definition) is 5. The lowest BCUT2D eigenvalue weighted by molar-refractivity contribution is 0.0950. The van der Waals surface area contributed by atoms with Crippen LogP contribution in [0.2, 0.25) is 0 Å². The number of carbonyl (C=O) groups excluding carboxylic acids is 1. The van der Waals surface area contributed by atoms with E-state index in [0.717, 1.165) is 16.9 Å². The first-order chi connectivity index (χ1) is 15.6. The van der Waals surface area contributed by atoms with Gasteiger partial charge in [0.2, 0.25) is 0 Å². The Hall–Kier alpha value is -4.39. The zero-order valence-corrected chi connectivity index (χ0v) is 17.4. The van der Waals surface area contributed by atoms with Crippen molar-refractivity contribution in [2.24, 2.45) is 5.10 Å². The van der Waals surface area contributed by atoms with Crippen molar-refractivity contribution < 1.29 is 14.6 Å². The van der Waals surface area contributed by atoms with Gasteiger partial charge in [-0.15, -0.1) is 0 Å². The molecule has 0 spiro atoms. The Bertz CT molecular complexity index is 1230. The smallest absolute Gasteiger partial charge is 0.289 e. The summed E-state index contributed by atoms with van der Waals surface area (Å²) in [5.41, 5.74) is 6.98. The van der Waals surface area contributed by atoms with Crippen molar-refractivity contribution in [2.75, 3.05) is 0 Å². The van der Waals surface area contributed by atoms with E-state index in [2.05, 4.69) is 39.8 Å². The van der Waals surface area contributed by atoms with Gasteiger partial charge in [0.05, 0.1) is 11.9 Å². The van der Waals surface area contributed by atoms with Crippen molar-refractivity contribution in [3.8, 4) is 22.8 Å². The summed E-state index contributed by atoms with van der Waals surface area (Å²) >= 11 is 0. The quantitative estimate of drug-likeness (QED) is 0.301. The van der Waals surface area contributed by atoms with Gasteiger partial charge in [-0.05, 0) is 55.0 Å². The lowest BCUT2D eigenvalue weighted by atomic mass is 10.1. The summed E-state index contributed by atoms with van der Waals surface area (Å²) in [6, 6.07) is 24.1. The van der Waals surface area contributed by atoms with Gasteiger partial charge in [-0.3, -0.25) is 9.89 Å². The number of nitrogens with zero attached hydrogens (tertiary/aromatic N) is 2. The van der Waals surface area contributed by atoms with Crippen LogP contribution < -0.4 is 10.2 Å². The lowest BCUT2D eigenvalue weighted by Crippen LogP contribution is -2.18. The summed E-state index contributed by atoms with van der Waals surface area (Å²) in [6.07, 6.45) is 1.37. The highest BCUT2D eigenvalue weighted by Gasteiger charge is 2.10. The fourth-order valence-electron chi connectivity index (χ4n) is 2.98. The van der Waals surface area contributed by atoms with E-state index in [1.165, 1.54) is 11.8 Å². The van der Waals surface area contributed by atoms with Crippen molar-refractivity contribution in [3.63, 3.8) is 0 Å². The van der Waals surface area contributed by atoms with Crippen molar-refractivity contribution in [2.45, 2.75) is 13.5 Å². The topological polar surface area (TPSA) is 99.6 Å². The molecule has 7 nitrogen and oxygen atoms in total. The van der Waals surface area contributed by atoms with Crippen LogP contribution >= 0.6 is 0 Å². The number of nitrogens with one attached hydrogen (secondary N) is 2. The van der Waals surface area contributed by atoms with Gasteiger partial charge in [0.15, 0.2) is 0 Å². The standard InChI is InChI=1S/C25H22N4O3/c1-17-6-8-18(9-7-17)16-32-21-12-10-19(11-13-21)22-14-23(28-27-22)25(31)29-26-15-20-4-2-3-5-24(20)30/h2-15,30H,16H2,1H3,(H,27,28)(H,29,31)/b26-15+. The Balaban J connectivity index is 1.34. The Morgan fingerprint density at radius 1 is 1.09 bits per heavy atom. The zero-order chi connectivity index (χ0) is 22.3. The maximum atomic E-state index is 12.3. The van der Waals surface area contributed by atoms with Gasteiger partial charge >= 0.3 is 0 Å². The van der Waals surface area contributed by atoms with Crippen LogP contribution in [-0.2, 0) is 6.61 Å². The van der Waals surface area contributed by atoms with Gasteiger partial charge in [0.25, 0.3) is 5.91 Å². The number of amides is 1. The number of hydrogen-bond donors (Lipinski definition) is 3. The number of hydrazone groups is 1. The highest BCUT2D eigenvalue weighted by atomic mass is 16.5. The summed E-state index contributed by atoms with van der Waals surface area (Å²) in [7, 11) is 0. The minimum absolute atomic E-state index is 0.0839. The Morgan fingerprint density at radius 2 is 1.84 bits per heavy atom. The average molecular weight is 426 g/mol. The van der Waals surface area contributed by atoms with E-state index in [0.29, 0.717) is 17.9 Å². The third kappa shape index (κ3) is 5.20. The molecule has 32 heavy (non-hydrogen) atoms. The molecule has 0 saturated heterocycles. The fourth-order valence-corrected chi connectivity index (χ4v) is 2.98. The van der Waals surface area contributed by atoms with Gasteiger partial charge in [-0.2, -0.15) is 10.2 Å². The van der Waals surface area contributed by atoms with Crippen molar-refractivity contribution >= 4 is 12.1 Å². The molecule has 3 N–H and O–H groups in total. The minimum Gasteiger partial charge on any atom is -0.507 e. The second kappa shape index (κ2) is 9.61. The minimum atomic E-state index is -0.437. The number of carbonyl (C=O) groups is 1. The first-order valence-electron chi connectivity index (χ1n) is 10.0. The number of ether oxygens (including phenoxy) is 1. The van der Waals surface area contributed by atoms with Crippen LogP contribution in [-0.4, -0.2) is 27.4 Å². The van der Waals surface area contributed by atoms with Gasteiger partial charge in [-0.25, -0.2) is 5.43 Å². The molecule has 1 aromatic heterocycles. The molecular weight excluding hydrogens is 404 g/mol. The fraction of sp³-hybridized carbons (Fsp3) is 0.0800. The van der Waals surface area contributed by atoms with Gasteiger partial charge < -0.3 is 9.84 Å². The second-order valence-electron chi connectivity index (χ2n) is 7.22. The Morgan fingerprint density at radius 3 is 2.59 bits per heavy atom. The van der Waals surface area contributed by atoms with Crippen LogP contribution in [0, 0.1) is 6.92 Å². The van der Waals surface area contributed by atoms with Crippen molar-refractivity contribution in [1.82, 2.24) is 15.6 Å². The number of aromatic amines is 1. The van der Waals surface area contributed by atoms with Crippen LogP contribution in [0.1, 0.15) is 27.2 Å². The van der Waals surface area contributed by atoms with Crippen molar-refractivity contribution in [1.29, 1.82) is 0 Å². The maximum absolute atomic E-state index is 12.3. The number of rotatable bonds is 7. The molecule has 0 aliphatic rings. The van der Waals surface area contributed by atoms with Crippen LogP contribution in [0.15, 0.2) is 84.0 Å². The molecule has 1 amide bonds. The van der Waals surface area contributed by atoms with Gasteiger partial charge in [-0.1, -0.05) is 42.0 Å². The monoisotopic (exact) mass is 426 g/mol. The molecule has 0 radical (unpaired) electrons. The molecule has 0 fully saturated rings. The molecule has 0 atom stereocenters. The molecule has 0 saturated carbocycles. The zero-order valence-electron chi connectivity index (χ0n) is 17.4. The average Bonchev–Trinajstić information content (AvgIpc) is 3.31. The predicted octanol–water partition coefficient (Wildman–Crippen LogP) is 4.43. The third-order valence-corrected chi connectivity index (χ3v) is 4.81. The van der Waals surface area contributed by atoms with E-state index < -0.39 is 5.91 Å². The Kier molecular flexibility index (Phi) is 6.27. The number of benzene rings is 3. The first kappa shape index (κ1) is 20.9. The summed E-state index contributed by atoms with van der Waals surface area (Å²) in [5, 5.41) is 20.5. The van der Waals surface area contributed by atoms with Crippen LogP contribution in [0.25, 0.3) is 11.3 Å². The number of phenols is 1. The molecule has 7 heteroatoms. The largest absolute Gasteiger partial charge is 0.507 e. The molecule has 0 unspecified atom stereocenters. The normalized spacial score (nSPS) is 10.9. The molecule has 3 aromatic carbocycles. The molecule has 0 bridgehead atoms. The SMILES string of the molecule is Cc1ccc(COc2ccc(-c3cc(C(=O)N/N=C/c4ccccc4O)[nH]n3)cc2)cc1. The Labute approximate surface area is 185 Å².